The quantitative estimate of drug-likeness (QED) is 0.735. The number of hydrogen-bond acceptors (Lipinski definition) is 3. The van der Waals surface area contributed by atoms with Crippen molar-refractivity contribution in [3.8, 4) is 11.5 Å². The molecule has 0 unspecified atom stereocenters. The van der Waals surface area contributed by atoms with Crippen LogP contribution in [0.1, 0.15) is 13.8 Å². The fourth-order valence-corrected chi connectivity index (χ4v) is 1.38. The first-order valence-corrected chi connectivity index (χ1v) is 5.15. The topological polar surface area (TPSA) is 72.8 Å². The number of carbonyl (C=O) groups excluding carboxylic acids is 1. The van der Waals surface area contributed by atoms with E-state index in [1.165, 1.54) is 18.2 Å². The predicted molar refractivity (Wildman–Crippen MR) is 61.7 cm³/mol. The molecule has 1 aromatic rings. The fourth-order valence-electron chi connectivity index (χ4n) is 1.38. The van der Waals surface area contributed by atoms with Gasteiger partial charge in [0.15, 0.2) is 0 Å². The molecule has 0 heterocycles. The summed E-state index contributed by atoms with van der Waals surface area (Å²) in [6.07, 6.45) is 0. The summed E-state index contributed by atoms with van der Waals surface area (Å²) in [4.78, 5) is 13.2. The van der Waals surface area contributed by atoms with Crippen LogP contribution < -0.4 is 5.32 Å². The number of anilines is 1. The lowest BCUT2D eigenvalue weighted by Gasteiger charge is -2.19. The van der Waals surface area contributed by atoms with Gasteiger partial charge in [0.1, 0.15) is 11.5 Å². The third-order valence-electron chi connectivity index (χ3n) is 2.20. The molecule has 88 valence electrons. The van der Waals surface area contributed by atoms with Crippen molar-refractivity contribution in [2.45, 2.75) is 13.8 Å². The molecular formula is C11H16N2O3. The number of urea groups is 1. The molecule has 5 heteroatoms. The summed E-state index contributed by atoms with van der Waals surface area (Å²) in [5.41, 5.74) is 0.370. The number of nitrogens with zero attached hydrogens (tertiary/aromatic N) is 1. The zero-order valence-corrected chi connectivity index (χ0v) is 9.40. The summed E-state index contributed by atoms with van der Waals surface area (Å²) in [6.45, 7) is 4.96. The smallest absolute Gasteiger partial charge is 0.321 e. The highest BCUT2D eigenvalue weighted by atomic mass is 16.3. The van der Waals surface area contributed by atoms with Crippen LogP contribution in [0, 0.1) is 0 Å². The Labute approximate surface area is 94.3 Å². The number of phenolic OH excluding ortho intramolecular Hbond substituents is 2. The van der Waals surface area contributed by atoms with E-state index in [0.717, 1.165) is 0 Å². The normalized spacial score (nSPS) is 9.88. The Morgan fingerprint density at radius 1 is 1.19 bits per heavy atom. The molecule has 1 rings (SSSR count). The second-order valence-corrected chi connectivity index (χ2v) is 3.34. The van der Waals surface area contributed by atoms with Crippen molar-refractivity contribution >= 4 is 11.7 Å². The van der Waals surface area contributed by atoms with Gasteiger partial charge in [0.2, 0.25) is 0 Å². The summed E-state index contributed by atoms with van der Waals surface area (Å²) < 4.78 is 0. The SMILES string of the molecule is CCN(CC)C(=O)Nc1cc(O)cc(O)c1. The Hall–Kier alpha value is -1.91. The Bertz CT molecular complexity index is 355. The van der Waals surface area contributed by atoms with Crippen LogP contribution >= 0.6 is 0 Å². The third-order valence-corrected chi connectivity index (χ3v) is 2.20. The zero-order valence-electron chi connectivity index (χ0n) is 9.40. The Morgan fingerprint density at radius 3 is 2.12 bits per heavy atom. The van der Waals surface area contributed by atoms with Gasteiger partial charge in [-0.25, -0.2) is 4.79 Å². The van der Waals surface area contributed by atoms with Crippen molar-refractivity contribution in [2.24, 2.45) is 0 Å². The van der Waals surface area contributed by atoms with Crippen LogP contribution in [0.25, 0.3) is 0 Å². The predicted octanol–water partition coefficient (Wildman–Crippen LogP) is 1.97. The van der Waals surface area contributed by atoms with E-state index in [9.17, 15) is 15.0 Å². The molecule has 0 aliphatic rings. The number of amides is 2. The van der Waals surface area contributed by atoms with E-state index < -0.39 is 0 Å². The highest BCUT2D eigenvalue weighted by Gasteiger charge is 2.10. The van der Waals surface area contributed by atoms with Gasteiger partial charge in [-0.15, -0.1) is 0 Å². The molecule has 1 aromatic carbocycles. The average Bonchev–Trinajstić information content (AvgIpc) is 2.17. The maximum Gasteiger partial charge on any atom is 0.321 e. The molecule has 0 spiro atoms. The molecule has 5 nitrogen and oxygen atoms in total. The van der Waals surface area contributed by atoms with Crippen LogP contribution in [0.15, 0.2) is 18.2 Å². The molecular weight excluding hydrogens is 208 g/mol. The summed E-state index contributed by atoms with van der Waals surface area (Å²) in [6, 6.07) is 3.70. The minimum atomic E-state index is -0.255. The van der Waals surface area contributed by atoms with Crippen LogP contribution in [0.2, 0.25) is 0 Å². The van der Waals surface area contributed by atoms with Crippen molar-refractivity contribution < 1.29 is 15.0 Å². The second-order valence-electron chi connectivity index (χ2n) is 3.34. The van der Waals surface area contributed by atoms with Gasteiger partial charge in [-0.05, 0) is 13.8 Å². The lowest BCUT2D eigenvalue weighted by atomic mass is 10.3. The number of hydrogen-bond donors (Lipinski definition) is 3. The monoisotopic (exact) mass is 224 g/mol. The highest BCUT2D eigenvalue weighted by molar-refractivity contribution is 5.89. The molecule has 0 atom stereocenters. The van der Waals surface area contributed by atoms with Crippen LogP contribution in [0.3, 0.4) is 0 Å². The van der Waals surface area contributed by atoms with E-state index in [1.54, 1.807) is 4.90 Å². The van der Waals surface area contributed by atoms with Gasteiger partial charge in [0.25, 0.3) is 0 Å². The molecule has 0 saturated heterocycles. The largest absolute Gasteiger partial charge is 0.508 e. The van der Waals surface area contributed by atoms with Gasteiger partial charge in [-0.2, -0.15) is 0 Å². The van der Waals surface area contributed by atoms with Crippen LogP contribution in [-0.4, -0.2) is 34.2 Å². The zero-order chi connectivity index (χ0) is 12.1. The summed E-state index contributed by atoms with van der Waals surface area (Å²) >= 11 is 0. The van der Waals surface area contributed by atoms with E-state index in [4.69, 9.17) is 0 Å². The van der Waals surface area contributed by atoms with E-state index in [1.807, 2.05) is 13.8 Å². The van der Waals surface area contributed by atoms with E-state index in [0.29, 0.717) is 18.8 Å². The van der Waals surface area contributed by atoms with Gasteiger partial charge in [-0.3, -0.25) is 0 Å². The van der Waals surface area contributed by atoms with Crippen molar-refractivity contribution in [3.05, 3.63) is 18.2 Å². The number of rotatable bonds is 3. The Balaban J connectivity index is 2.76. The molecule has 0 aliphatic carbocycles. The summed E-state index contributed by atoms with van der Waals surface area (Å²) in [7, 11) is 0. The van der Waals surface area contributed by atoms with Crippen molar-refractivity contribution in [2.75, 3.05) is 18.4 Å². The highest BCUT2D eigenvalue weighted by Crippen LogP contribution is 2.23. The van der Waals surface area contributed by atoms with Crippen LogP contribution in [-0.2, 0) is 0 Å². The van der Waals surface area contributed by atoms with Crippen molar-refractivity contribution in [3.63, 3.8) is 0 Å². The summed E-state index contributed by atoms with van der Waals surface area (Å²) in [5, 5.41) is 21.1. The molecule has 0 fully saturated rings. The number of aromatic hydroxyl groups is 2. The minimum Gasteiger partial charge on any atom is -0.508 e. The molecule has 0 saturated carbocycles. The Morgan fingerprint density at radius 2 is 1.69 bits per heavy atom. The average molecular weight is 224 g/mol. The molecule has 2 amide bonds. The fraction of sp³-hybridized carbons (Fsp3) is 0.364. The molecule has 0 radical (unpaired) electrons. The maximum absolute atomic E-state index is 11.6. The molecule has 0 aliphatic heterocycles. The van der Waals surface area contributed by atoms with Crippen LogP contribution in [0.4, 0.5) is 10.5 Å². The van der Waals surface area contributed by atoms with Gasteiger partial charge in [-0.1, -0.05) is 0 Å². The lowest BCUT2D eigenvalue weighted by molar-refractivity contribution is 0.217. The van der Waals surface area contributed by atoms with Gasteiger partial charge in [0.05, 0.1) is 0 Å². The minimum absolute atomic E-state index is 0.0881. The maximum atomic E-state index is 11.6. The molecule has 0 bridgehead atoms. The van der Waals surface area contributed by atoms with Gasteiger partial charge >= 0.3 is 6.03 Å². The lowest BCUT2D eigenvalue weighted by Crippen LogP contribution is -2.34. The first kappa shape index (κ1) is 12.2. The van der Waals surface area contributed by atoms with Crippen molar-refractivity contribution in [1.82, 2.24) is 4.90 Å². The van der Waals surface area contributed by atoms with Gasteiger partial charge in [0, 0.05) is 37.0 Å². The first-order valence-electron chi connectivity index (χ1n) is 5.15. The summed E-state index contributed by atoms with van der Waals surface area (Å²) in [5.74, 6) is -0.176. The van der Waals surface area contributed by atoms with Gasteiger partial charge < -0.3 is 20.4 Å². The molecule has 3 N–H and O–H groups in total. The third kappa shape index (κ3) is 3.05. The standard InChI is InChI=1S/C11H16N2O3/c1-3-13(4-2)11(16)12-8-5-9(14)7-10(15)6-8/h5-7,14-15H,3-4H2,1-2H3,(H,12,16). The number of carbonyl (C=O) groups is 1. The van der Waals surface area contributed by atoms with Crippen LogP contribution in [0.5, 0.6) is 11.5 Å². The number of phenols is 2. The van der Waals surface area contributed by atoms with E-state index in [-0.39, 0.29) is 17.5 Å². The number of nitrogens with one attached hydrogen (secondary N) is 1. The molecule has 0 aromatic heterocycles. The van der Waals surface area contributed by atoms with Crippen molar-refractivity contribution in [1.29, 1.82) is 0 Å². The second kappa shape index (κ2) is 5.25. The van der Waals surface area contributed by atoms with E-state index >= 15 is 0 Å². The van der Waals surface area contributed by atoms with E-state index in [2.05, 4.69) is 5.32 Å². The Kier molecular flexibility index (Phi) is 3.99. The first-order chi connectivity index (χ1) is 7.56. The number of benzene rings is 1. The molecule has 16 heavy (non-hydrogen) atoms.